The van der Waals surface area contributed by atoms with Crippen molar-refractivity contribution in [1.29, 1.82) is 0 Å². The molecule has 25 heavy (non-hydrogen) atoms. The van der Waals surface area contributed by atoms with Crippen molar-refractivity contribution in [1.82, 2.24) is 4.72 Å². The first kappa shape index (κ1) is 17.8. The van der Waals surface area contributed by atoms with Crippen LogP contribution in [0.3, 0.4) is 0 Å². The van der Waals surface area contributed by atoms with E-state index in [2.05, 4.69) is 4.72 Å². The molecule has 0 atom stereocenters. The summed E-state index contributed by atoms with van der Waals surface area (Å²) in [5.41, 5.74) is 0. The second-order valence-electron chi connectivity index (χ2n) is 5.40. The van der Waals surface area contributed by atoms with Crippen LogP contribution in [0.4, 0.5) is 0 Å². The van der Waals surface area contributed by atoms with Gasteiger partial charge in [0.2, 0.25) is 10.0 Å². The predicted molar refractivity (Wildman–Crippen MR) is 103 cm³/mol. The number of nitrogens with one attached hydrogen (secondary N) is 1. The molecule has 0 radical (unpaired) electrons. The van der Waals surface area contributed by atoms with E-state index in [1.54, 1.807) is 36.0 Å². The van der Waals surface area contributed by atoms with Gasteiger partial charge >= 0.3 is 0 Å². The molecule has 3 aromatic carbocycles. The van der Waals surface area contributed by atoms with Crippen molar-refractivity contribution >= 4 is 32.6 Å². The molecular weight excluding hydrogens is 354 g/mol. The summed E-state index contributed by atoms with van der Waals surface area (Å²) >= 11 is 1.57. The number of benzene rings is 3. The minimum atomic E-state index is -3.52. The molecular formula is C19H19NO3S2. The third kappa shape index (κ3) is 4.34. The van der Waals surface area contributed by atoms with E-state index in [4.69, 9.17) is 4.74 Å². The molecule has 1 N–H and O–H groups in total. The molecule has 0 saturated carbocycles. The highest BCUT2D eigenvalue weighted by Gasteiger charge is 2.13. The average Bonchev–Trinajstić information content (AvgIpc) is 2.65. The highest BCUT2D eigenvalue weighted by molar-refractivity contribution is 7.98. The molecule has 0 unspecified atom stereocenters. The van der Waals surface area contributed by atoms with Gasteiger partial charge in [0.25, 0.3) is 0 Å². The van der Waals surface area contributed by atoms with Gasteiger partial charge in [-0.2, -0.15) is 0 Å². The molecule has 4 nitrogen and oxygen atoms in total. The molecule has 0 bridgehead atoms. The Morgan fingerprint density at radius 2 is 1.68 bits per heavy atom. The number of ether oxygens (including phenoxy) is 1. The second-order valence-corrected chi connectivity index (χ2v) is 8.05. The van der Waals surface area contributed by atoms with E-state index in [-0.39, 0.29) is 18.0 Å². The van der Waals surface area contributed by atoms with Crippen molar-refractivity contribution in [3.05, 3.63) is 66.7 Å². The Kier molecular flexibility index (Phi) is 5.63. The first-order chi connectivity index (χ1) is 12.1. The Bertz CT molecular complexity index is 949. The molecule has 3 aromatic rings. The standard InChI is InChI=1S/C19H19NO3S2/c1-24-16-9-11-17(12-10-16)25(21,22)20-13-14-23-19-8-4-6-15-5-2-3-7-18(15)19/h2-12,20H,13-14H2,1H3. The topological polar surface area (TPSA) is 55.4 Å². The van der Waals surface area contributed by atoms with E-state index in [1.807, 2.05) is 48.7 Å². The summed E-state index contributed by atoms with van der Waals surface area (Å²) in [7, 11) is -3.52. The van der Waals surface area contributed by atoms with Crippen LogP contribution >= 0.6 is 11.8 Å². The third-order valence-electron chi connectivity index (χ3n) is 3.77. The number of hydrogen-bond acceptors (Lipinski definition) is 4. The van der Waals surface area contributed by atoms with Crippen LogP contribution < -0.4 is 9.46 Å². The fraction of sp³-hybridized carbons (Fsp3) is 0.158. The zero-order valence-corrected chi connectivity index (χ0v) is 15.4. The van der Waals surface area contributed by atoms with E-state index < -0.39 is 10.0 Å². The van der Waals surface area contributed by atoms with Gasteiger partial charge in [0, 0.05) is 16.8 Å². The van der Waals surface area contributed by atoms with Crippen molar-refractivity contribution in [2.45, 2.75) is 9.79 Å². The summed E-state index contributed by atoms with van der Waals surface area (Å²) < 4.78 is 32.9. The van der Waals surface area contributed by atoms with Crippen molar-refractivity contribution in [3.63, 3.8) is 0 Å². The molecule has 0 amide bonds. The van der Waals surface area contributed by atoms with E-state index in [1.165, 1.54) is 0 Å². The molecule has 0 spiro atoms. The first-order valence-electron chi connectivity index (χ1n) is 7.84. The summed E-state index contributed by atoms with van der Waals surface area (Å²) in [5, 5.41) is 2.11. The summed E-state index contributed by atoms with van der Waals surface area (Å²) in [5.74, 6) is 0.752. The number of hydrogen-bond donors (Lipinski definition) is 1. The molecule has 0 aromatic heterocycles. The lowest BCUT2D eigenvalue weighted by Gasteiger charge is -2.11. The average molecular weight is 373 g/mol. The summed E-state index contributed by atoms with van der Waals surface area (Å²) in [6.07, 6.45) is 1.95. The smallest absolute Gasteiger partial charge is 0.240 e. The van der Waals surface area contributed by atoms with Gasteiger partial charge in [0.15, 0.2) is 0 Å². The summed E-state index contributed by atoms with van der Waals surface area (Å²) in [4.78, 5) is 1.29. The highest BCUT2D eigenvalue weighted by Crippen LogP contribution is 2.25. The van der Waals surface area contributed by atoms with Crippen LogP contribution in [0.5, 0.6) is 5.75 Å². The predicted octanol–water partition coefficient (Wildman–Crippen LogP) is 3.92. The number of rotatable bonds is 7. The van der Waals surface area contributed by atoms with Crippen LogP contribution in [0.15, 0.2) is 76.5 Å². The number of fused-ring (bicyclic) bond motifs is 1. The third-order valence-corrected chi connectivity index (χ3v) is 5.99. The van der Waals surface area contributed by atoms with Crippen molar-refractivity contribution < 1.29 is 13.2 Å². The van der Waals surface area contributed by atoms with Crippen LogP contribution in [-0.4, -0.2) is 27.8 Å². The van der Waals surface area contributed by atoms with E-state index in [9.17, 15) is 8.42 Å². The fourth-order valence-electron chi connectivity index (χ4n) is 2.50. The van der Waals surface area contributed by atoms with Gasteiger partial charge in [-0.3, -0.25) is 0 Å². The van der Waals surface area contributed by atoms with Gasteiger partial charge in [-0.1, -0.05) is 36.4 Å². The zero-order valence-electron chi connectivity index (χ0n) is 13.8. The van der Waals surface area contributed by atoms with Crippen molar-refractivity contribution in [3.8, 4) is 5.75 Å². The van der Waals surface area contributed by atoms with Crippen LogP contribution in [0.25, 0.3) is 10.8 Å². The van der Waals surface area contributed by atoms with Gasteiger partial charge in [0.05, 0.1) is 4.90 Å². The molecule has 0 aliphatic rings. The SMILES string of the molecule is CSc1ccc(S(=O)(=O)NCCOc2cccc3ccccc23)cc1. The largest absolute Gasteiger partial charge is 0.492 e. The van der Waals surface area contributed by atoms with Crippen LogP contribution in [0, 0.1) is 0 Å². The van der Waals surface area contributed by atoms with Crippen LogP contribution in [0.2, 0.25) is 0 Å². The number of thioether (sulfide) groups is 1. The molecule has 0 aliphatic carbocycles. The molecule has 0 saturated heterocycles. The fourth-order valence-corrected chi connectivity index (χ4v) is 3.92. The quantitative estimate of drug-likeness (QED) is 0.504. The minimum Gasteiger partial charge on any atom is -0.492 e. The Morgan fingerprint density at radius 3 is 2.44 bits per heavy atom. The summed E-state index contributed by atoms with van der Waals surface area (Å²) in [6.45, 7) is 0.464. The summed E-state index contributed by atoms with van der Waals surface area (Å²) in [6, 6.07) is 20.6. The maximum atomic E-state index is 12.3. The van der Waals surface area contributed by atoms with E-state index in [0.717, 1.165) is 21.4 Å². The Hall–Kier alpha value is -2.02. The van der Waals surface area contributed by atoms with Crippen molar-refractivity contribution in [2.24, 2.45) is 0 Å². The molecule has 3 rings (SSSR count). The maximum Gasteiger partial charge on any atom is 0.240 e. The normalized spacial score (nSPS) is 11.6. The van der Waals surface area contributed by atoms with Gasteiger partial charge in [-0.05, 0) is 42.0 Å². The van der Waals surface area contributed by atoms with Crippen LogP contribution in [0.1, 0.15) is 0 Å². The molecule has 6 heteroatoms. The van der Waals surface area contributed by atoms with Crippen molar-refractivity contribution in [2.75, 3.05) is 19.4 Å². The first-order valence-corrected chi connectivity index (χ1v) is 10.6. The monoisotopic (exact) mass is 373 g/mol. The molecule has 0 heterocycles. The highest BCUT2D eigenvalue weighted by atomic mass is 32.2. The van der Waals surface area contributed by atoms with Crippen LogP contribution in [-0.2, 0) is 10.0 Å². The molecule has 0 aliphatic heterocycles. The lowest BCUT2D eigenvalue weighted by molar-refractivity contribution is 0.326. The Labute approximate surface area is 152 Å². The zero-order chi connectivity index (χ0) is 17.7. The number of sulfonamides is 1. The maximum absolute atomic E-state index is 12.3. The van der Waals surface area contributed by atoms with Gasteiger partial charge in [-0.15, -0.1) is 11.8 Å². The Morgan fingerprint density at radius 1 is 0.960 bits per heavy atom. The molecule has 0 fully saturated rings. The van der Waals surface area contributed by atoms with Gasteiger partial charge in [-0.25, -0.2) is 13.1 Å². The lowest BCUT2D eigenvalue weighted by Crippen LogP contribution is -2.28. The van der Waals surface area contributed by atoms with E-state index in [0.29, 0.717) is 0 Å². The van der Waals surface area contributed by atoms with Gasteiger partial charge < -0.3 is 4.74 Å². The minimum absolute atomic E-state index is 0.204. The van der Waals surface area contributed by atoms with Gasteiger partial charge in [0.1, 0.15) is 12.4 Å². The second kappa shape index (κ2) is 7.91. The molecule has 130 valence electrons. The van der Waals surface area contributed by atoms with E-state index >= 15 is 0 Å². The lowest BCUT2D eigenvalue weighted by atomic mass is 10.1. The Balaban J connectivity index is 1.60.